The van der Waals surface area contributed by atoms with E-state index in [2.05, 4.69) is 0 Å². The average molecular weight is 420 g/mol. The van der Waals surface area contributed by atoms with E-state index < -0.39 is 0 Å². The molecule has 156 valence electrons. The van der Waals surface area contributed by atoms with E-state index in [-0.39, 0.29) is 11.7 Å². The van der Waals surface area contributed by atoms with E-state index >= 15 is 0 Å². The van der Waals surface area contributed by atoms with Crippen molar-refractivity contribution >= 4 is 45.8 Å². The molecule has 6 N–H and O–H groups in total. The third-order valence-electron chi connectivity index (χ3n) is 5.31. The van der Waals surface area contributed by atoms with Gasteiger partial charge in [0.15, 0.2) is 0 Å². The van der Waals surface area contributed by atoms with Gasteiger partial charge in [-0.1, -0.05) is 30.3 Å². The van der Waals surface area contributed by atoms with E-state index in [0.717, 1.165) is 44.6 Å². The van der Waals surface area contributed by atoms with Crippen LogP contribution in [0.4, 0.5) is 0 Å². The number of hydrogen-bond donors (Lipinski definition) is 4. The van der Waals surface area contributed by atoms with Crippen molar-refractivity contribution in [3.63, 3.8) is 0 Å². The normalized spacial score (nSPS) is 11.5. The van der Waals surface area contributed by atoms with Crippen LogP contribution in [0.25, 0.3) is 45.4 Å². The zero-order chi connectivity index (χ0) is 22.2. The molecule has 0 saturated carbocycles. The first-order chi connectivity index (χ1) is 15.5. The van der Waals surface area contributed by atoms with Crippen LogP contribution in [0.1, 0.15) is 22.5 Å². The molecule has 0 saturated heterocycles. The molecule has 5 aromatic rings. The van der Waals surface area contributed by atoms with Gasteiger partial charge >= 0.3 is 0 Å². The van der Waals surface area contributed by atoms with Crippen molar-refractivity contribution < 1.29 is 8.83 Å². The van der Waals surface area contributed by atoms with Crippen LogP contribution in [0, 0.1) is 10.8 Å². The monoisotopic (exact) mass is 420 g/mol. The highest BCUT2D eigenvalue weighted by Gasteiger charge is 2.08. The lowest BCUT2D eigenvalue weighted by Crippen LogP contribution is -2.10. The van der Waals surface area contributed by atoms with Gasteiger partial charge in [0, 0.05) is 27.5 Å². The summed E-state index contributed by atoms with van der Waals surface area (Å²) in [4.78, 5) is 0. The number of rotatable bonds is 5. The Balaban J connectivity index is 1.37. The minimum absolute atomic E-state index is 0.0361. The minimum atomic E-state index is 0.0361. The Kier molecular flexibility index (Phi) is 4.60. The van der Waals surface area contributed by atoms with Gasteiger partial charge in [-0.3, -0.25) is 10.8 Å². The lowest BCUT2D eigenvalue weighted by atomic mass is 10.1. The first-order valence-corrected chi connectivity index (χ1v) is 10.0. The first-order valence-electron chi connectivity index (χ1n) is 10.0. The number of fused-ring (bicyclic) bond motifs is 2. The van der Waals surface area contributed by atoms with Gasteiger partial charge < -0.3 is 20.3 Å². The third kappa shape index (κ3) is 3.65. The minimum Gasteiger partial charge on any atom is -0.457 e. The van der Waals surface area contributed by atoms with Crippen LogP contribution >= 0.6 is 0 Å². The maximum atomic E-state index is 7.59. The van der Waals surface area contributed by atoms with Crippen LogP contribution in [0.2, 0.25) is 0 Å². The number of benzene rings is 3. The molecule has 0 unspecified atom stereocenters. The van der Waals surface area contributed by atoms with Gasteiger partial charge in [0.25, 0.3) is 0 Å². The molecule has 0 atom stereocenters. The quantitative estimate of drug-likeness (QED) is 0.218. The maximum Gasteiger partial charge on any atom is 0.135 e. The van der Waals surface area contributed by atoms with Crippen LogP contribution in [0.15, 0.2) is 81.6 Å². The van der Waals surface area contributed by atoms with Crippen molar-refractivity contribution in [3.05, 3.63) is 95.2 Å². The summed E-state index contributed by atoms with van der Waals surface area (Å²) in [7, 11) is 0. The molecule has 2 aromatic heterocycles. The van der Waals surface area contributed by atoms with Crippen LogP contribution in [0.3, 0.4) is 0 Å². The van der Waals surface area contributed by atoms with Gasteiger partial charge in [-0.2, -0.15) is 0 Å². The molecule has 0 aliphatic rings. The molecular weight excluding hydrogens is 400 g/mol. The van der Waals surface area contributed by atoms with Gasteiger partial charge in [-0.15, -0.1) is 0 Å². The van der Waals surface area contributed by atoms with Crippen molar-refractivity contribution in [2.45, 2.75) is 0 Å². The summed E-state index contributed by atoms with van der Waals surface area (Å²) >= 11 is 0. The Morgan fingerprint density at radius 3 is 1.88 bits per heavy atom. The second kappa shape index (κ2) is 7.59. The van der Waals surface area contributed by atoms with Crippen molar-refractivity contribution in [1.29, 1.82) is 10.8 Å². The smallest absolute Gasteiger partial charge is 0.135 e. The van der Waals surface area contributed by atoms with Crippen molar-refractivity contribution in [2.24, 2.45) is 11.5 Å². The Labute approximate surface area is 183 Å². The number of nitrogens with one attached hydrogen (secondary N) is 2. The van der Waals surface area contributed by atoms with Crippen LogP contribution in [-0.4, -0.2) is 11.7 Å². The molecule has 6 heteroatoms. The molecule has 0 amide bonds. The summed E-state index contributed by atoms with van der Waals surface area (Å²) in [5.41, 5.74) is 16.0. The Hall–Kier alpha value is -4.58. The molecule has 0 bridgehead atoms. The molecule has 3 aromatic carbocycles. The first kappa shape index (κ1) is 19.4. The molecule has 0 radical (unpaired) electrons. The van der Waals surface area contributed by atoms with Gasteiger partial charge in [0.05, 0.1) is 0 Å². The summed E-state index contributed by atoms with van der Waals surface area (Å²) in [6, 6.07) is 22.8. The van der Waals surface area contributed by atoms with Crippen molar-refractivity contribution in [2.75, 3.05) is 0 Å². The number of amidine groups is 2. The van der Waals surface area contributed by atoms with Crippen molar-refractivity contribution in [1.82, 2.24) is 0 Å². The summed E-state index contributed by atoms with van der Waals surface area (Å²) in [5.74, 6) is 1.56. The zero-order valence-electron chi connectivity index (χ0n) is 17.1. The van der Waals surface area contributed by atoms with Gasteiger partial charge in [-0.25, -0.2) is 0 Å². The molecule has 0 aliphatic heterocycles. The van der Waals surface area contributed by atoms with E-state index in [1.54, 1.807) is 12.1 Å². The number of hydrogen-bond acceptors (Lipinski definition) is 4. The third-order valence-corrected chi connectivity index (χ3v) is 5.31. The zero-order valence-corrected chi connectivity index (χ0v) is 17.1. The second-order valence-electron chi connectivity index (χ2n) is 7.55. The number of nitrogen functional groups attached to an aromatic ring is 2. The fourth-order valence-electron chi connectivity index (χ4n) is 3.60. The number of furan rings is 2. The summed E-state index contributed by atoms with van der Waals surface area (Å²) in [6.07, 6.45) is 3.89. The van der Waals surface area contributed by atoms with E-state index in [1.165, 1.54) is 0 Å². The molecule has 0 fully saturated rings. The molecule has 2 heterocycles. The van der Waals surface area contributed by atoms with E-state index in [9.17, 15) is 0 Å². The van der Waals surface area contributed by atoms with Gasteiger partial charge in [-0.05, 0) is 60.2 Å². The van der Waals surface area contributed by atoms with Crippen LogP contribution < -0.4 is 11.5 Å². The maximum absolute atomic E-state index is 7.59. The van der Waals surface area contributed by atoms with Crippen LogP contribution in [0.5, 0.6) is 0 Å². The molecule has 32 heavy (non-hydrogen) atoms. The average Bonchev–Trinajstić information content (AvgIpc) is 3.40. The van der Waals surface area contributed by atoms with E-state index in [0.29, 0.717) is 11.1 Å². The van der Waals surface area contributed by atoms with E-state index in [1.807, 2.05) is 72.8 Å². The number of nitrogens with two attached hydrogens (primary N) is 2. The highest BCUT2D eigenvalue weighted by Crippen LogP contribution is 2.29. The van der Waals surface area contributed by atoms with E-state index in [4.69, 9.17) is 31.1 Å². The topological polar surface area (TPSA) is 126 Å². The fourth-order valence-corrected chi connectivity index (χ4v) is 3.60. The highest BCUT2D eigenvalue weighted by molar-refractivity contribution is 5.99. The molecule has 5 rings (SSSR count). The van der Waals surface area contributed by atoms with Gasteiger partial charge in [0.1, 0.15) is 34.4 Å². The predicted molar refractivity (Wildman–Crippen MR) is 129 cm³/mol. The second-order valence-corrected chi connectivity index (χ2v) is 7.55. The summed E-state index contributed by atoms with van der Waals surface area (Å²) in [6.45, 7) is 0. The molecule has 0 aliphatic carbocycles. The lowest BCUT2D eigenvalue weighted by Gasteiger charge is -1.98. The molecular formula is C26H20N4O2. The lowest BCUT2D eigenvalue weighted by molar-refractivity contribution is 0.604. The SMILES string of the molecule is N=C(N)c1ccc2oc(/C=C/c3ccc(-c4cc5cc(C(=N)N)ccc5o4)cc3)cc2c1. The summed E-state index contributed by atoms with van der Waals surface area (Å²) < 4.78 is 11.8. The Bertz CT molecular complexity index is 1520. The highest BCUT2D eigenvalue weighted by atomic mass is 16.3. The van der Waals surface area contributed by atoms with Crippen LogP contribution in [-0.2, 0) is 0 Å². The molecule has 6 nitrogen and oxygen atoms in total. The Morgan fingerprint density at radius 2 is 1.25 bits per heavy atom. The standard InChI is InChI=1S/C26H20N4O2/c27-25(28)17-6-9-22-19(11-17)13-21(31-22)8-3-15-1-4-16(5-2-15)24-14-20-12-18(26(29)30)7-10-23(20)32-24/h1-14H,(H3,27,28)(H3,29,30)/b8-3+. The largest absolute Gasteiger partial charge is 0.457 e. The van der Waals surface area contributed by atoms with Gasteiger partial charge in [0.2, 0.25) is 0 Å². The van der Waals surface area contributed by atoms with Crippen molar-refractivity contribution in [3.8, 4) is 11.3 Å². The molecule has 0 spiro atoms. The fraction of sp³-hybridized carbons (Fsp3) is 0. The predicted octanol–water partition coefficient (Wildman–Crippen LogP) is 5.58. The summed E-state index contributed by atoms with van der Waals surface area (Å²) in [5, 5.41) is 17.0. The Morgan fingerprint density at radius 1 is 0.656 bits per heavy atom.